The Morgan fingerprint density at radius 1 is 1.27 bits per heavy atom. The van der Waals surface area contributed by atoms with Gasteiger partial charge in [0.05, 0.1) is 22.3 Å². The van der Waals surface area contributed by atoms with Gasteiger partial charge in [0, 0.05) is 10.9 Å². The minimum atomic E-state index is -0.391. The number of thiophene rings is 1. The van der Waals surface area contributed by atoms with E-state index in [0.29, 0.717) is 33.6 Å². The summed E-state index contributed by atoms with van der Waals surface area (Å²) in [4.78, 5) is 17.0. The fraction of sp³-hybridized carbons (Fsp3) is 0.385. The number of aliphatic imine (C=N–C) groups is 1. The van der Waals surface area contributed by atoms with Crippen LogP contribution in [0.25, 0.3) is 11.3 Å². The molecule has 1 aliphatic carbocycles. The van der Waals surface area contributed by atoms with Gasteiger partial charge in [-0.2, -0.15) is 5.26 Å². The van der Waals surface area contributed by atoms with E-state index in [1.807, 2.05) is 13.8 Å². The van der Waals surface area contributed by atoms with Crippen molar-refractivity contribution < 1.29 is 9.34 Å². The summed E-state index contributed by atoms with van der Waals surface area (Å²) in [5, 5.41) is 22.0. The molecule has 1 atom stereocenters. The van der Waals surface area contributed by atoms with Crippen molar-refractivity contribution in [3.05, 3.63) is 67.3 Å². The second-order valence-corrected chi connectivity index (χ2v) is 10.9. The molecule has 33 heavy (non-hydrogen) atoms. The molecule has 0 saturated carbocycles. The van der Waals surface area contributed by atoms with Crippen molar-refractivity contribution in [1.82, 2.24) is 0 Å². The molecule has 2 heterocycles. The van der Waals surface area contributed by atoms with Gasteiger partial charge in [-0.1, -0.05) is 20.8 Å². The summed E-state index contributed by atoms with van der Waals surface area (Å²) in [7, 11) is 0. The van der Waals surface area contributed by atoms with Crippen molar-refractivity contribution in [3.63, 3.8) is 0 Å². The third-order valence-electron chi connectivity index (χ3n) is 6.59. The highest BCUT2D eigenvalue weighted by atomic mass is 32.1. The Labute approximate surface area is 197 Å². The third-order valence-corrected chi connectivity index (χ3v) is 7.76. The molecule has 1 aliphatic rings. The van der Waals surface area contributed by atoms with Crippen molar-refractivity contribution >= 4 is 28.2 Å². The van der Waals surface area contributed by atoms with Crippen molar-refractivity contribution in [1.29, 1.82) is 5.26 Å². The van der Waals surface area contributed by atoms with Gasteiger partial charge < -0.3 is 4.42 Å². The van der Waals surface area contributed by atoms with E-state index >= 15 is 0 Å². The molecule has 4 rings (SSSR count). The minimum Gasteiger partial charge on any atom is -0.455 e. The molecule has 0 saturated heterocycles. The van der Waals surface area contributed by atoms with Gasteiger partial charge in [0.1, 0.15) is 22.6 Å². The monoisotopic (exact) mass is 461 g/mol. The molecular weight excluding hydrogens is 434 g/mol. The molecule has 3 aromatic rings. The van der Waals surface area contributed by atoms with Gasteiger partial charge in [0.2, 0.25) is 0 Å². The van der Waals surface area contributed by atoms with Gasteiger partial charge in [0.15, 0.2) is 0 Å². The van der Waals surface area contributed by atoms with E-state index in [4.69, 9.17) is 4.42 Å². The topological polar surface area (TPSA) is 92.4 Å². The highest BCUT2D eigenvalue weighted by Gasteiger charge is 2.32. The Hall–Kier alpha value is -3.24. The Morgan fingerprint density at radius 3 is 2.67 bits per heavy atom. The lowest BCUT2D eigenvalue weighted by molar-refractivity contribution is -0.384. The summed E-state index contributed by atoms with van der Waals surface area (Å²) in [5.74, 6) is 1.50. The maximum absolute atomic E-state index is 11.5. The van der Waals surface area contributed by atoms with E-state index in [2.05, 4.69) is 31.8 Å². The Kier molecular flexibility index (Phi) is 5.98. The summed E-state index contributed by atoms with van der Waals surface area (Å²) in [5.41, 5.74) is 4.31. The van der Waals surface area contributed by atoms with Crippen LogP contribution < -0.4 is 0 Å². The van der Waals surface area contributed by atoms with Crippen LogP contribution in [0.3, 0.4) is 0 Å². The van der Waals surface area contributed by atoms with Crippen LogP contribution in [-0.2, 0) is 12.8 Å². The highest BCUT2D eigenvalue weighted by Crippen LogP contribution is 2.45. The zero-order valence-electron chi connectivity index (χ0n) is 19.6. The lowest BCUT2D eigenvalue weighted by Gasteiger charge is -2.33. The zero-order valence-corrected chi connectivity index (χ0v) is 20.4. The van der Waals surface area contributed by atoms with E-state index in [0.717, 1.165) is 36.0 Å². The Morgan fingerprint density at radius 2 is 2.00 bits per heavy atom. The second kappa shape index (κ2) is 8.60. The molecule has 0 radical (unpaired) electrons. The molecule has 0 fully saturated rings. The second-order valence-electron chi connectivity index (χ2n) is 9.77. The first-order valence-electron chi connectivity index (χ1n) is 11.0. The van der Waals surface area contributed by atoms with E-state index in [-0.39, 0.29) is 11.1 Å². The molecule has 1 aromatic carbocycles. The Balaban J connectivity index is 1.63. The van der Waals surface area contributed by atoms with Gasteiger partial charge in [-0.05, 0) is 79.3 Å². The number of fused-ring (bicyclic) bond motifs is 1. The minimum absolute atomic E-state index is 0.0158. The fourth-order valence-corrected chi connectivity index (χ4v) is 5.58. The van der Waals surface area contributed by atoms with E-state index < -0.39 is 4.92 Å². The maximum Gasteiger partial charge on any atom is 0.280 e. The molecule has 0 amide bonds. The summed E-state index contributed by atoms with van der Waals surface area (Å²) in [6.45, 7) is 10.6. The van der Waals surface area contributed by atoms with Crippen LogP contribution in [0.15, 0.2) is 33.7 Å². The molecule has 2 aromatic heterocycles. The number of furan rings is 1. The van der Waals surface area contributed by atoms with Crippen LogP contribution in [0.2, 0.25) is 0 Å². The SMILES string of the molecule is Cc1cc(-c2ccc(C=Nc3sc4c(c3C#N)CC[C@@H](C(C)(C)C)C4)o2)c([N+](=O)[O-])cc1C. The largest absolute Gasteiger partial charge is 0.455 e. The summed E-state index contributed by atoms with van der Waals surface area (Å²) in [6, 6.07) is 9.16. The van der Waals surface area contributed by atoms with E-state index in [1.165, 1.54) is 4.88 Å². The number of rotatable bonds is 4. The first-order valence-corrected chi connectivity index (χ1v) is 11.8. The van der Waals surface area contributed by atoms with Crippen LogP contribution in [0.5, 0.6) is 0 Å². The van der Waals surface area contributed by atoms with Gasteiger partial charge in [0.25, 0.3) is 5.69 Å². The van der Waals surface area contributed by atoms with E-state index in [1.54, 1.807) is 41.8 Å². The van der Waals surface area contributed by atoms with Crippen molar-refractivity contribution in [3.8, 4) is 17.4 Å². The van der Waals surface area contributed by atoms with Crippen LogP contribution in [0, 0.1) is 46.6 Å². The zero-order chi connectivity index (χ0) is 23.9. The number of nitrogens with zero attached hydrogens (tertiary/aromatic N) is 3. The van der Waals surface area contributed by atoms with Crippen molar-refractivity contribution in [2.24, 2.45) is 16.3 Å². The molecule has 0 bridgehead atoms. The molecule has 0 aliphatic heterocycles. The predicted molar refractivity (Wildman–Crippen MR) is 132 cm³/mol. The first kappa shape index (κ1) is 22.9. The quantitative estimate of drug-likeness (QED) is 0.231. The maximum atomic E-state index is 11.5. The standard InChI is InChI=1S/C26H27N3O3S/c1-15-10-20(22(29(30)31)11-16(15)2)23-9-7-18(32-23)14-28-25-21(13-27)19-8-6-17(26(3,4)5)12-24(19)33-25/h7,9-11,14,17H,6,8,12H2,1-5H3/t17-/m1/s1. The van der Waals surface area contributed by atoms with Crippen molar-refractivity contribution in [2.45, 2.75) is 53.9 Å². The Bertz CT molecular complexity index is 1300. The van der Waals surface area contributed by atoms with Crippen LogP contribution >= 0.6 is 11.3 Å². The summed E-state index contributed by atoms with van der Waals surface area (Å²) >= 11 is 1.59. The normalized spacial score (nSPS) is 16.1. The average Bonchev–Trinajstić information content (AvgIpc) is 3.36. The number of nitro benzene ring substituents is 1. The van der Waals surface area contributed by atoms with Gasteiger partial charge in [-0.15, -0.1) is 11.3 Å². The molecule has 0 unspecified atom stereocenters. The highest BCUT2D eigenvalue weighted by molar-refractivity contribution is 7.16. The van der Waals surface area contributed by atoms with Crippen molar-refractivity contribution in [2.75, 3.05) is 0 Å². The fourth-order valence-electron chi connectivity index (χ4n) is 4.36. The number of hydrogen-bond acceptors (Lipinski definition) is 6. The van der Waals surface area contributed by atoms with Crippen LogP contribution in [0.4, 0.5) is 10.7 Å². The number of nitro groups is 1. The average molecular weight is 462 g/mol. The number of nitriles is 1. The van der Waals surface area contributed by atoms with Gasteiger partial charge >= 0.3 is 0 Å². The lowest BCUT2D eigenvalue weighted by Crippen LogP contribution is -2.26. The number of aryl methyl sites for hydroxylation is 2. The van der Waals surface area contributed by atoms with Crippen LogP contribution in [0.1, 0.15) is 60.1 Å². The molecule has 6 nitrogen and oxygen atoms in total. The van der Waals surface area contributed by atoms with E-state index in [9.17, 15) is 15.4 Å². The van der Waals surface area contributed by atoms with Gasteiger partial charge in [-0.3, -0.25) is 10.1 Å². The smallest absolute Gasteiger partial charge is 0.280 e. The summed E-state index contributed by atoms with van der Waals surface area (Å²) < 4.78 is 5.88. The molecule has 0 spiro atoms. The van der Waals surface area contributed by atoms with Gasteiger partial charge in [-0.25, -0.2) is 4.99 Å². The summed E-state index contributed by atoms with van der Waals surface area (Å²) in [6.07, 6.45) is 4.57. The number of benzene rings is 1. The number of hydrogen-bond donors (Lipinski definition) is 0. The predicted octanol–water partition coefficient (Wildman–Crippen LogP) is 7.31. The molecule has 0 N–H and O–H groups in total. The lowest BCUT2D eigenvalue weighted by atomic mass is 9.72. The third kappa shape index (κ3) is 4.49. The first-order chi connectivity index (χ1) is 15.6. The molecule has 170 valence electrons. The molecule has 7 heteroatoms. The molecular formula is C26H27N3O3S. The van der Waals surface area contributed by atoms with Crippen LogP contribution in [-0.4, -0.2) is 11.1 Å².